The maximum absolute atomic E-state index is 12.4. The topological polar surface area (TPSA) is 89.8 Å². The molecule has 47 heavy (non-hydrogen) atoms. The van der Waals surface area contributed by atoms with Crippen LogP contribution < -0.4 is 5.32 Å². The van der Waals surface area contributed by atoms with Gasteiger partial charge in [0.2, 0.25) is 5.91 Å². The molecule has 0 spiro atoms. The summed E-state index contributed by atoms with van der Waals surface area (Å²) >= 11 is 0. The summed E-state index contributed by atoms with van der Waals surface area (Å²) < 4.78 is 0. The predicted octanol–water partition coefficient (Wildman–Crippen LogP) is 11.7. The summed E-state index contributed by atoms with van der Waals surface area (Å²) in [5.41, 5.74) is 0. The van der Waals surface area contributed by atoms with E-state index >= 15 is 0 Å². The Hall–Kier alpha value is -0.910. The fourth-order valence-corrected chi connectivity index (χ4v) is 6.56. The van der Waals surface area contributed by atoms with E-state index in [9.17, 15) is 20.1 Å². The van der Waals surface area contributed by atoms with Gasteiger partial charge in [0.1, 0.15) is 0 Å². The molecule has 0 radical (unpaired) electrons. The van der Waals surface area contributed by atoms with Gasteiger partial charge in [-0.15, -0.1) is 0 Å². The van der Waals surface area contributed by atoms with E-state index in [0.717, 1.165) is 44.9 Å². The van der Waals surface area contributed by atoms with E-state index in [4.69, 9.17) is 0 Å². The Kier molecular flexibility index (Phi) is 37.2. The minimum absolute atomic E-state index is 0.0274. The van der Waals surface area contributed by atoms with E-state index in [1.807, 2.05) is 0 Å². The van der Waals surface area contributed by atoms with Gasteiger partial charge < -0.3 is 20.6 Å². The number of aliphatic hydroxyl groups excluding tert-OH is 3. The largest absolute Gasteiger partial charge is 0.394 e. The Morgan fingerprint density at radius 3 is 1.30 bits per heavy atom. The van der Waals surface area contributed by atoms with Gasteiger partial charge in [0.25, 0.3) is 0 Å². The van der Waals surface area contributed by atoms with Crippen molar-refractivity contribution in [2.45, 2.75) is 244 Å². The second-order valence-electron chi connectivity index (χ2n) is 14.6. The van der Waals surface area contributed by atoms with Crippen LogP contribution in [0.1, 0.15) is 226 Å². The van der Waals surface area contributed by atoms with Crippen molar-refractivity contribution in [1.82, 2.24) is 5.32 Å². The Balaban J connectivity index is 3.54. The molecule has 0 heterocycles. The van der Waals surface area contributed by atoms with Crippen molar-refractivity contribution in [3.63, 3.8) is 0 Å². The average Bonchev–Trinajstić information content (AvgIpc) is 3.06. The lowest BCUT2D eigenvalue weighted by Crippen LogP contribution is -2.46. The SMILES string of the molecule is CCCC/C=C\CCCCCC(O)CC(=O)NC(CO)C(O)CCCCCCCCCCCCCCCCCCCCCCCCC. The molecule has 3 unspecified atom stereocenters. The first kappa shape index (κ1) is 46.1. The van der Waals surface area contributed by atoms with E-state index in [1.54, 1.807) is 0 Å². The third-order valence-corrected chi connectivity index (χ3v) is 9.83. The van der Waals surface area contributed by atoms with E-state index in [1.165, 1.54) is 148 Å². The third-order valence-electron chi connectivity index (χ3n) is 9.83. The summed E-state index contributed by atoms with van der Waals surface area (Å²) in [5, 5.41) is 33.2. The molecule has 0 aromatic rings. The first-order valence-corrected chi connectivity index (χ1v) is 21.0. The highest BCUT2D eigenvalue weighted by Crippen LogP contribution is 2.16. The van der Waals surface area contributed by atoms with E-state index in [-0.39, 0.29) is 18.9 Å². The van der Waals surface area contributed by atoms with Crippen LogP contribution in [0.4, 0.5) is 0 Å². The Morgan fingerprint density at radius 1 is 0.511 bits per heavy atom. The molecule has 280 valence electrons. The molecule has 0 fully saturated rings. The van der Waals surface area contributed by atoms with Gasteiger partial charge in [-0.25, -0.2) is 0 Å². The molecular formula is C42H83NO4. The molecule has 3 atom stereocenters. The van der Waals surface area contributed by atoms with Gasteiger partial charge in [0.15, 0.2) is 0 Å². The first-order valence-electron chi connectivity index (χ1n) is 21.0. The van der Waals surface area contributed by atoms with Gasteiger partial charge in [-0.2, -0.15) is 0 Å². The lowest BCUT2D eigenvalue weighted by Gasteiger charge is -2.23. The molecule has 0 saturated carbocycles. The van der Waals surface area contributed by atoms with E-state index < -0.39 is 18.2 Å². The number of hydrogen-bond acceptors (Lipinski definition) is 4. The summed E-state index contributed by atoms with van der Waals surface area (Å²) in [4.78, 5) is 12.4. The highest BCUT2D eigenvalue weighted by Gasteiger charge is 2.21. The molecule has 0 aliphatic rings. The standard InChI is InChI=1S/C42H83NO4/c1-3-5-7-9-11-13-14-15-16-17-18-19-20-21-22-23-24-25-26-28-30-32-34-36-41(46)40(38-44)43-42(47)37-39(45)35-33-31-29-27-12-10-8-6-4-2/h10,12,39-41,44-46H,3-9,11,13-38H2,1-2H3,(H,43,47)/b12-10-. The summed E-state index contributed by atoms with van der Waals surface area (Å²) in [6, 6.07) is -0.658. The Labute approximate surface area is 293 Å². The van der Waals surface area contributed by atoms with E-state index in [2.05, 4.69) is 31.3 Å². The molecule has 5 nitrogen and oxygen atoms in total. The summed E-state index contributed by atoms with van der Waals surface area (Å²) in [5.74, 6) is -0.293. The minimum Gasteiger partial charge on any atom is -0.394 e. The molecule has 5 heteroatoms. The van der Waals surface area contributed by atoms with Crippen molar-refractivity contribution < 1.29 is 20.1 Å². The van der Waals surface area contributed by atoms with Crippen molar-refractivity contribution in [2.24, 2.45) is 0 Å². The summed E-state index contributed by atoms with van der Waals surface area (Å²) in [6.45, 7) is 4.21. The smallest absolute Gasteiger partial charge is 0.222 e. The number of carbonyl (C=O) groups is 1. The van der Waals surface area contributed by atoms with Crippen molar-refractivity contribution in [2.75, 3.05) is 6.61 Å². The van der Waals surface area contributed by atoms with Gasteiger partial charge >= 0.3 is 0 Å². The van der Waals surface area contributed by atoms with Crippen LogP contribution >= 0.6 is 0 Å². The number of amides is 1. The lowest BCUT2D eigenvalue weighted by molar-refractivity contribution is -0.125. The van der Waals surface area contributed by atoms with Crippen molar-refractivity contribution in [3.8, 4) is 0 Å². The van der Waals surface area contributed by atoms with Crippen LogP contribution in [0.25, 0.3) is 0 Å². The number of unbranched alkanes of at least 4 members (excludes halogenated alkanes) is 27. The average molecular weight is 666 g/mol. The molecule has 1 amide bonds. The molecule has 0 aromatic carbocycles. The second-order valence-corrected chi connectivity index (χ2v) is 14.6. The minimum atomic E-state index is -0.749. The van der Waals surface area contributed by atoms with Crippen molar-refractivity contribution in [1.29, 1.82) is 0 Å². The van der Waals surface area contributed by atoms with Gasteiger partial charge in [0, 0.05) is 0 Å². The molecule has 0 bridgehead atoms. The van der Waals surface area contributed by atoms with Crippen LogP contribution in [-0.4, -0.2) is 46.1 Å². The van der Waals surface area contributed by atoms with Gasteiger partial charge in [-0.3, -0.25) is 4.79 Å². The molecule has 0 aromatic heterocycles. The fourth-order valence-electron chi connectivity index (χ4n) is 6.56. The number of carbonyl (C=O) groups excluding carboxylic acids is 1. The van der Waals surface area contributed by atoms with E-state index in [0.29, 0.717) is 12.8 Å². The summed E-state index contributed by atoms with van der Waals surface area (Å²) in [7, 11) is 0. The zero-order valence-electron chi connectivity index (χ0n) is 31.7. The van der Waals surface area contributed by atoms with Gasteiger partial charge in [0.05, 0.1) is 31.3 Å². The maximum Gasteiger partial charge on any atom is 0.222 e. The molecule has 0 aliphatic carbocycles. The number of aliphatic hydroxyl groups is 3. The summed E-state index contributed by atoms with van der Waals surface area (Å²) in [6.07, 6.45) is 43.3. The Morgan fingerprint density at radius 2 is 0.872 bits per heavy atom. The van der Waals surface area contributed by atoms with Crippen LogP contribution in [0.2, 0.25) is 0 Å². The number of allylic oxidation sites excluding steroid dienone is 2. The molecule has 0 saturated heterocycles. The second kappa shape index (κ2) is 37.9. The van der Waals surface area contributed by atoms with Crippen molar-refractivity contribution >= 4 is 5.91 Å². The normalized spacial score (nSPS) is 13.7. The maximum atomic E-state index is 12.4. The van der Waals surface area contributed by atoms with Crippen LogP contribution in [0.5, 0.6) is 0 Å². The lowest BCUT2D eigenvalue weighted by atomic mass is 10.0. The third kappa shape index (κ3) is 34.7. The fraction of sp³-hybridized carbons (Fsp3) is 0.929. The number of rotatable bonds is 38. The molecule has 0 rings (SSSR count). The van der Waals surface area contributed by atoms with Crippen LogP contribution in [0.3, 0.4) is 0 Å². The highest BCUT2D eigenvalue weighted by atomic mass is 16.3. The monoisotopic (exact) mass is 666 g/mol. The zero-order valence-corrected chi connectivity index (χ0v) is 31.7. The molecule has 0 aliphatic heterocycles. The molecule has 4 N–H and O–H groups in total. The first-order chi connectivity index (χ1) is 23.0. The van der Waals surface area contributed by atoms with Gasteiger partial charge in [-0.05, 0) is 32.1 Å². The van der Waals surface area contributed by atoms with Crippen LogP contribution in [0, 0.1) is 0 Å². The predicted molar refractivity (Wildman–Crippen MR) is 204 cm³/mol. The number of hydrogen-bond donors (Lipinski definition) is 4. The number of nitrogens with one attached hydrogen (secondary N) is 1. The van der Waals surface area contributed by atoms with Crippen LogP contribution in [-0.2, 0) is 4.79 Å². The Bertz CT molecular complexity index is 655. The van der Waals surface area contributed by atoms with Gasteiger partial charge in [-0.1, -0.05) is 199 Å². The molecular weight excluding hydrogens is 582 g/mol. The highest BCUT2D eigenvalue weighted by molar-refractivity contribution is 5.76. The quantitative estimate of drug-likeness (QED) is 0.0390. The van der Waals surface area contributed by atoms with Crippen molar-refractivity contribution in [3.05, 3.63) is 12.2 Å². The van der Waals surface area contributed by atoms with Crippen LogP contribution in [0.15, 0.2) is 12.2 Å². The zero-order chi connectivity index (χ0) is 34.5.